The van der Waals surface area contributed by atoms with E-state index in [-0.39, 0.29) is 11.0 Å². The highest BCUT2D eigenvalue weighted by Gasteiger charge is 2.24. The third-order valence-electron chi connectivity index (χ3n) is 2.35. The Morgan fingerprint density at radius 2 is 2.12 bits per heavy atom. The largest absolute Gasteiger partial charge is 0.303 e. The van der Waals surface area contributed by atoms with E-state index < -0.39 is 15.4 Å². The number of hydrogen-bond acceptors (Lipinski definition) is 5. The molecule has 94 valence electrons. The molecule has 0 heterocycles. The van der Waals surface area contributed by atoms with Gasteiger partial charge in [0.05, 0.1) is 11.8 Å². The average Bonchev–Trinajstić information content (AvgIpc) is 2.15. The Hall–Kier alpha value is -0.250. The van der Waals surface area contributed by atoms with E-state index in [9.17, 15) is 8.42 Å². The average molecular weight is 264 g/mol. The second-order valence-corrected chi connectivity index (χ2v) is 8.02. The van der Waals surface area contributed by atoms with Crippen molar-refractivity contribution in [2.75, 3.05) is 24.8 Å². The molecule has 0 aromatic rings. The fourth-order valence-electron chi connectivity index (χ4n) is 1.24. The van der Waals surface area contributed by atoms with E-state index in [4.69, 9.17) is 5.26 Å². The summed E-state index contributed by atoms with van der Waals surface area (Å²) in [6.07, 6.45) is 1.94. The van der Waals surface area contributed by atoms with Crippen LogP contribution in [0.2, 0.25) is 0 Å². The Kier molecular flexibility index (Phi) is 6.38. The second kappa shape index (κ2) is 6.48. The van der Waals surface area contributed by atoms with Gasteiger partial charge in [-0.1, -0.05) is 6.92 Å². The van der Waals surface area contributed by atoms with Crippen LogP contribution < -0.4 is 5.32 Å². The first kappa shape index (κ1) is 15.8. The quantitative estimate of drug-likeness (QED) is 0.744. The summed E-state index contributed by atoms with van der Waals surface area (Å²) in [4.78, 5) is 0. The number of nitriles is 1. The number of sulfone groups is 1. The predicted molar refractivity (Wildman–Crippen MR) is 69.3 cm³/mol. The summed E-state index contributed by atoms with van der Waals surface area (Å²) >= 11 is 1.59. The van der Waals surface area contributed by atoms with Crippen LogP contribution in [0.15, 0.2) is 0 Å². The summed E-state index contributed by atoms with van der Waals surface area (Å²) < 4.78 is 21.9. The van der Waals surface area contributed by atoms with E-state index in [2.05, 4.69) is 11.4 Å². The number of nitrogens with zero attached hydrogens (tertiary/aromatic N) is 1. The molecule has 1 N–H and O–H groups in total. The number of hydrogen-bond donors (Lipinski definition) is 1. The lowest BCUT2D eigenvalue weighted by Gasteiger charge is -2.24. The first-order valence-electron chi connectivity index (χ1n) is 5.12. The van der Waals surface area contributed by atoms with Crippen LogP contribution in [-0.4, -0.2) is 44.0 Å². The Balaban J connectivity index is 4.01. The molecule has 0 fully saturated rings. The predicted octanol–water partition coefficient (Wildman–Crippen LogP) is 1.04. The van der Waals surface area contributed by atoms with Gasteiger partial charge in [-0.2, -0.15) is 17.0 Å². The molecule has 0 amide bonds. The smallest absolute Gasteiger partial charge is 0.148 e. The number of rotatable bonds is 7. The molecule has 0 saturated heterocycles. The van der Waals surface area contributed by atoms with Crippen molar-refractivity contribution in [3.8, 4) is 6.07 Å². The van der Waals surface area contributed by atoms with Crippen molar-refractivity contribution < 1.29 is 8.42 Å². The van der Waals surface area contributed by atoms with E-state index in [1.807, 2.05) is 13.8 Å². The summed E-state index contributed by atoms with van der Waals surface area (Å²) in [6.45, 7) is 3.86. The van der Waals surface area contributed by atoms with E-state index in [0.717, 1.165) is 0 Å². The molecule has 0 aliphatic carbocycles. The summed E-state index contributed by atoms with van der Waals surface area (Å²) in [5.74, 6) is 0.788. The summed E-state index contributed by atoms with van der Waals surface area (Å²) in [7, 11) is -1.12. The van der Waals surface area contributed by atoms with Gasteiger partial charge in [0.2, 0.25) is 0 Å². The molecular weight excluding hydrogens is 244 g/mol. The van der Waals surface area contributed by atoms with Crippen molar-refractivity contribution in [2.24, 2.45) is 0 Å². The third-order valence-corrected chi connectivity index (χ3v) is 4.73. The van der Waals surface area contributed by atoms with Gasteiger partial charge in [-0.3, -0.25) is 0 Å². The fourth-order valence-corrected chi connectivity index (χ4v) is 3.69. The summed E-state index contributed by atoms with van der Waals surface area (Å²) in [5.41, 5.74) is -0.530. The van der Waals surface area contributed by atoms with Crippen LogP contribution in [0.3, 0.4) is 0 Å². The molecule has 0 spiro atoms. The normalized spacial score (nSPS) is 17.4. The Morgan fingerprint density at radius 3 is 2.50 bits per heavy atom. The Labute approximate surface area is 103 Å². The molecule has 2 unspecified atom stereocenters. The van der Waals surface area contributed by atoms with Crippen molar-refractivity contribution in [3.63, 3.8) is 0 Å². The zero-order valence-corrected chi connectivity index (χ0v) is 11.9. The maximum absolute atomic E-state index is 10.9. The van der Waals surface area contributed by atoms with Crippen molar-refractivity contribution >= 4 is 21.6 Å². The van der Waals surface area contributed by atoms with E-state index in [0.29, 0.717) is 12.2 Å². The van der Waals surface area contributed by atoms with Crippen LogP contribution in [0.4, 0.5) is 0 Å². The third kappa shape index (κ3) is 7.09. The van der Waals surface area contributed by atoms with Crippen LogP contribution in [0.5, 0.6) is 0 Å². The standard InChI is InChI=1S/C10H20N2O2S2/c1-9(7-10(2,8-11)12-3)15-5-6-16(4,13)14/h9,12H,5-7H2,1-4H3. The second-order valence-electron chi connectivity index (χ2n) is 4.21. The van der Waals surface area contributed by atoms with Crippen molar-refractivity contribution in [1.82, 2.24) is 5.32 Å². The minimum atomic E-state index is -2.88. The van der Waals surface area contributed by atoms with Gasteiger partial charge in [0, 0.05) is 17.3 Å². The molecule has 0 aliphatic heterocycles. The molecule has 0 aromatic carbocycles. The topological polar surface area (TPSA) is 70.0 Å². The minimum Gasteiger partial charge on any atom is -0.303 e. The van der Waals surface area contributed by atoms with E-state index in [1.54, 1.807) is 18.8 Å². The first-order valence-corrected chi connectivity index (χ1v) is 8.23. The van der Waals surface area contributed by atoms with Crippen LogP contribution in [0, 0.1) is 11.3 Å². The minimum absolute atomic E-state index is 0.199. The highest BCUT2D eigenvalue weighted by Crippen LogP contribution is 2.21. The molecular formula is C10H20N2O2S2. The van der Waals surface area contributed by atoms with Gasteiger partial charge in [0.15, 0.2) is 0 Å². The Bertz CT molecular complexity index is 348. The molecule has 0 rings (SSSR count). The molecule has 2 atom stereocenters. The maximum atomic E-state index is 10.9. The number of nitrogens with one attached hydrogen (secondary N) is 1. The van der Waals surface area contributed by atoms with Gasteiger partial charge in [0.1, 0.15) is 15.4 Å². The van der Waals surface area contributed by atoms with Crippen LogP contribution in [-0.2, 0) is 9.84 Å². The fraction of sp³-hybridized carbons (Fsp3) is 0.900. The van der Waals surface area contributed by atoms with Crippen molar-refractivity contribution in [3.05, 3.63) is 0 Å². The zero-order chi connectivity index (χ0) is 12.8. The van der Waals surface area contributed by atoms with Crippen LogP contribution in [0.1, 0.15) is 20.3 Å². The first-order chi connectivity index (χ1) is 7.22. The summed E-state index contributed by atoms with van der Waals surface area (Å²) in [6, 6.07) is 2.22. The van der Waals surface area contributed by atoms with Crippen molar-refractivity contribution in [1.29, 1.82) is 5.26 Å². The van der Waals surface area contributed by atoms with Gasteiger partial charge >= 0.3 is 0 Å². The monoisotopic (exact) mass is 264 g/mol. The molecule has 6 heteroatoms. The molecule has 4 nitrogen and oxygen atoms in total. The SMILES string of the molecule is CNC(C)(C#N)CC(C)SCCS(C)(=O)=O. The lowest BCUT2D eigenvalue weighted by atomic mass is 9.98. The molecule has 0 radical (unpaired) electrons. The molecule has 16 heavy (non-hydrogen) atoms. The Morgan fingerprint density at radius 1 is 1.56 bits per heavy atom. The highest BCUT2D eigenvalue weighted by molar-refractivity contribution is 8.01. The van der Waals surface area contributed by atoms with Gasteiger partial charge in [-0.25, -0.2) is 8.42 Å². The summed E-state index contributed by atoms with van der Waals surface area (Å²) in [5, 5.41) is 12.2. The van der Waals surface area contributed by atoms with Crippen LogP contribution >= 0.6 is 11.8 Å². The lowest BCUT2D eigenvalue weighted by molar-refractivity contribution is 0.455. The number of thioether (sulfide) groups is 1. The van der Waals surface area contributed by atoms with Gasteiger partial charge < -0.3 is 5.32 Å². The zero-order valence-electron chi connectivity index (χ0n) is 10.3. The van der Waals surface area contributed by atoms with Gasteiger partial charge in [0.25, 0.3) is 0 Å². The van der Waals surface area contributed by atoms with Gasteiger partial charge in [-0.15, -0.1) is 0 Å². The van der Waals surface area contributed by atoms with E-state index >= 15 is 0 Å². The molecule has 0 saturated carbocycles. The maximum Gasteiger partial charge on any atom is 0.148 e. The van der Waals surface area contributed by atoms with Gasteiger partial charge in [-0.05, 0) is 20.4 Å². The molecule has 0 aromatic heterocycles. The van der Waals surface area contributed by atoms with Crippen molar-refractivity contribution in [2.45, 2.75) is 31.1 Å². The lowest BCUT2D eigenvalue weighted by Crippen LogP contribution is -2.40. The van der Waals surface area contributed by atoms with E-state index in [1.165, 1.54) is 6.26 Å². The molecule has 0 aliphatic rings. The highest BCUT2D eigenvalue weighted by atomic mass is 32.2. The van der Waals surface area contributed by atoms with Crippen LogP contribution in [0.25, 0.3) is 0 Å². The molecule has 0 bridgehead atoms.